The Morgan fingerprint density at radius 1 is 1.40 bits per heavy atom. The molecule has 0 aliphatic carbocycles. The summed E-state index contributed by atoms with van der Waals surface area (Å²) in [6, 6.07) is 0. The molecule has 0 unspecified atom stereocenters. The monoisotopic (exact) mass is 228 g/mol. The molecule has 1 amide bonds. The lowest BCUT2D eigenvalue weighted by atomic mass is 10.4. The molecule has 0 saturated heterocycles. The number of likely N-dealkylation sites (N-methyl/N-ethyl adjacent to an activating group) is 1. The summed E-state index contributed by atoms with van der Waals surface area (Å²) in [5.74, 6) is -1.93. The summed E-state index contributed by atoms with van der Waals surface area (Å²) in [6.45, 7) is -2.35. The van der Waals surface area contributed by atoms with Crippen molar-refractivity contribution < 1.29 is 27.9 Å². The molecule has 0 aliphatic rings. The number of carbonyl (C=O) groups excluding carboxylic acids is 1. The van der Waals surface area contributed by atoms with Crippen molar-refractivity contribution in [1.29, 1.82) is 0 Å². The van der Waals surface area contributed by atoms with E-state index in [9.17, 15) is 22.8 Å². The summed E-state index contributed by atoms with van der Waals surface area (Å²) in [5.41, 5.74) is 0. The van der Waals surface area contributed by atoms with E-state index >= 15 is 0 Å². The van der Waals surface area contributed by atoms with Crippen LogP contribution in [0.25, 0.3) is 0 Å². The second-order valence-electron chi connectivity index (χ2n) is 2.86. The molecule has 0 aromatic carbocycles. The van der Waals surface area contributed by atoms with Crippen LogP contribution in [0.4, 0.5) is 13.2 Å². The number of aliphatic carboxylic acids is 1. The Balaban J connectivity index is 3.79. The minimum absolute atomic E-state index is 0.535. The van der Waals surface area contributed by atoms with Gasteiger partial charge in [-0.25, -0.2) is 0 Å². The molecule has 15 heavy (non-hydrogen) atoms. The fraction of sp³-hybridized carbons (Fsp3) is 0.714. The van der Waals surface area contributed by atoms with Crippen LogP contribution < -0.4 is 5.32 Å². The number of alkyl halides is 3. The first kappa shape index (κ1) is 13.7. The molecule has 88 valence electrons. The molecule has 0 saturated carbocycles. The molecule has 8 heteroatoms. The molecule has 0 aromatic rings. The van der Waals surface area contributed by atoms with Gasteiger partial charge in [-0.1, -0.05) is 0 Å². The molecule has 0 heterocycles. The van der Waals surface area contributed by atoms with Crippen molar-refractivity contribution in [2.75, 3.05) is 26.7 Å². The average molecular weight is 228 g/mol. The van der Waals surface area contributed by atoms with Gasteiger partial charge >= 0.3 is 12.1 Å². The maximum Gasteiger partial charge on any atom is 0.401 e. The Morgan fingerprint density at radius 3 is 2.33 bits per heavy atom. The quantitative estimate of drug-likeness (QED) is 0.676. The predicted molar refractivity (Wildman–Crippen MR) is 44.2 cm³/mol. The Bertz CT molecular complexity index is 242. The normalized spacial score (nSPS) is 11.2. The zero-order valence-corrected chi connectivity index (χ0v) is 7.97. The van der Waals surface area contributed by atoms with Crippen molar-refractivity contribution in [2.45, 2.75) is 6.18 Å². The number of hydrogen-bond donors (Lipinski definition) is 2. The lowest BCUT2D eigenvalue weighted by Gasteiger charge is -2.15. The Morgan fingerprint density at radius 2 is 1.93 bits per heavy atom. The summed E-state index contributed by atoms with van der Waals surface area (Å²) in [5, 5.41) is 10.2. The zero-order chi connectivity index (χ0) is 12.1. The summed E-state index contributed by atoms with van der Waals surface area (Å²) >= 11 is 0. The Kier molecular flexibility index (Phi) is 5.06. The van der Waals surface area contributed by atoms with Crippen molar-refractivity contribution in [2.24, 2.45) is 0 Å². The molecule has 0 aliphatic heterocycles. The maximum atomic E-state index is 11.6. The van der Waals surface area contributed by atoms with Crippen LogP contribution in [0.2, 0.25) is 0 Å². The van der Waals surface area contributed by atoms with Gasteiger partial charge in [-0.3, -0.25) is 9.59 Å². The van der Waals surface area contributed by atoms with Gasteiger partial charge in [0.05, 0.1) is 13.1 Å². The van der Waals surface area contributed by atoms with Crippen LogP contribution >= 0.6 is 0 Å². The highest BCUT2D eigenvalue weighted by Crippen LogP contribution is 2.11. The van der Waals surface area contributed by atoms with Crippen molar-refractivity contribution in [1.82, 2.24) is 10.2 Å². The first-order valence-electron chi connectivity index (χ1n) is 3.95. The van der Waals surface area contributed by atoms with Gasteiger partial charge in [-0.15, -0.1) is 0 Å². The molecule has 0 bridgehead atoms. The van der Waals surface area contributed by atoms with Crippen molar-refractivity contribution in [3.63, 3.8) is 0 Å². The van der Waals surface area contributed by atoms with Crippen molar-refractivity contribution in [3.05, 3.63) is 0 Å². The van der Waals surface area contributed by atoms with Crippen LogP contribution in [0.5, 0.6) is 0 Å². The molecule has 0 spiro atoms. The summed E-state index contributed by atoms with van der Waals surface area (Å²) < 4.78 is 34.9. The molecule has 0 radical (unpaired) electrons. The molecular formula is C7H11F3N2O3. The minimum atomic E-state index is -4.38. The number of halogens is 3. The molecule has 5 nitrogen and oxygen atoms in total. The predicted octanol–water partition coefficient (Wildman–Crippen LogP) is -0.319. The van der Waals surface area contributed by atoms with Crippen LogP contribution in [0.15, 0.2) is 0 Å². The maximum absolute atomic E-state index is 11.6. The van der Waals surface area contributed by atoms with E-state index in [0.717, 1.165) is 4.90 Å². The standard InChI is InChI=1S/C7H11F3N2O3/c1-12(3-6(14)15)5(13)2-11-4-7(8,9)10/h11H,2-4H2,1H3,(H,14,15). The highest BCUT2D eigenvalue weighted by Gasteiger charge is 2.26. The van der Waals surface area contributed by atoms with Crippen LogP contribution in [-0.2, 0) is 9.59 Å². The van der Waals surface area contributed by atoms with Crippen LogP contribution in [0, 0.1) is 0 Å². The van der Waals surface area contributed by atoms with Gasteiger partial charge in [0, 0.05) is 7.05 Å². The second-order valence-corrected chi connectivity index (χ2v) is 2.86. The summed E-state index contributed by atoms with van der Waals surface area (Å²) in [7, 11) is 1.20. The highest BCUT2D eigenvalue weighted by molar-refractivity contribution is 5.82. The summed E-state index contributed by atoms with van der Waals surface area (Å²) in [6.07, 6.45) is -4.38. The first-order chi connectivity index (χ1) is 6.72. The Labute approximate surface area is 83.9 Å². The van der Waals surface area contributed by atoms with E-state index in [1.54, 1.807) is 0 Å². The van der Waals surface area contributed by atoms with Gasteiger partial charge in [-0.05, 0) is 0 Å². The summed E-state index contributed by atoms with van der Waals surface area (Å²) in [4.78, 5) is 22.0. The number of carboxylic acids is 1. The van der Waals surface area contributed by atoms with Crippen LogP contribution in [-0.4, -0.2) is 54.7 Å². The van der Waals surface area contributed by atoms with Gasteiger partial charge < -0.3 is 15.3 Å². The number of amides is 1. The van der Waals surface area contributed by atoms with Gasteiger partial charge in [0.2, 0.25) is 5.91 Å². The molecular weight excluding hydrogens is 217 g/mol. The van der Waals surface area contributed by atoms with E-state index in [-0.39, 0.29) is 0 Å². The zero-order valence-electron chi connectivity index (χ0n) is 7.97. The highest BCUT2D eigenvalue weighted by atomic mass is 19.4. The lowest BCUT2D eigenvalue weighted by molar-refractivity contribution is -0.144. The fourth-order valence-corrected chi connectivity index (χ4v) is 0.737. The van der Waals surface area contributed by atoms with Crippen molar-refractivity contribution in [3.8, 4) is 0 Å². The number of hydrogen-bond acceptors (Lipinski definition) is 3. The van der Waals surface area contributed by atoms with E-state index < -0.39 is 37.7 Å². The van der Waals surface area contributed by atoms with Gasteiger partial charge in [-0.2, -0.15) is 13.2 Å². The average Bonchev–Trinajstić information content (AvgIpc) is 2.00. The van der Waals surface area contributed by atoms with Gasteiger partial charge in [0.25, 0.3) is 0 Å². The van der Waals surface area contributed by atoms with Crippen molar-refractivity contribution >= 4 is 11.9 Å². The second kappa shape index (κ2) is 5.54. The van der Waals surface area contributed by atoms with E-state index in [1.807, 2.05) is 5.32 Å². The van der Waals surface area contributed by atoms with Gasteiger partial charge in [0.1, 0.15) is 6.54 Å². The van der Waals surface area contributed by atoms with Crippen LogP contribution in [0.1, 0.15) is 0 Å². The van der Waals surface area contributed by atoms with Gasteiger partial charge in [0.15, 0.2) is 0 Å². The fourth-order valence-electron chi connectivity index (χ4n) is 0.737. The minimum Gasteiger partial charge on any atom is -0.480 e. The third kappa shape index (κ3) is 7.74. The van der Waals surface area contributed by atoms with E-state index in [4.69, 9.17) is 5.11 Å². The Hall–Kier alpha value is -1.31. The first-order valence-corrected chi connectivity index (χ1v) is 3.95. The lowest BCUT2D eigenvalue weighted by Crippen LogP contribution is -2.41. The number of nitrogens with zero attached hydrogens (tertiary/aromatic N) is 1. The molecule has 0 rings (SSSR count). The molecule has 0 aromatic heterocycles. The van der Waals surface area contributed by atoms with Crippen LogP contribution in [0.3, 0.4) is 0 Å². The molecule has 0 atom stereocenters. The molecule has 0 fully saturated rings. The third-order valence-corrected chi connectivity index (χ3v) is 1.40. The third-order valence-electron chi connectivity index (χ3n) is 1.40. The topological polar surface area (TPSA) is 69.6 Å². The SMILES string of the molecule is CN(CC(=O)O)C(=O)CNCC(F)(F)F. The largest absolute Gasteiger partial charge is 0.480 e. The number of carbonyl (C=O) groups is 2. The van der Waals surface area contributed by atoms with E-state index in [2.05, 4.69) is 0 Å². The number of nitrogens with one attached hydrogen (secondary N) is 1. The van der Waals surface area contributed by atoms with E-state index in [0.29, 0.717) is 0 Å². The smallest absolute Gasteiger partial charge is 0.401 e. The molecule has 2 N–H and O–H groups in total. The number of rotatable bonds is 5. The number of carboxylic acid groups (broad SMARTS) is 1. The van der Waals surface area contributed by atoms with E-state index in [1.165, 1.54) is 7.05 Å².